The molecule has 0 fully saturated rings. The summed E-state index contributed by atoms with van der Waals surface area (Å²) in [5, 5.41) is 0. The molecule has 0 atom stereocenters. The van der Waals surface area contributed by atoms with Gasteiger partial charge >= 0.3 is 0 Å². The first kappa shape index (κ1) is 15.3. The molecule has 0 aliphatic heterocycles. The van der Waals surface area contributed by atoms with Gasteiger partial charge in [0.15, 0.2) is 0 Å². The number of sulfonamides is 1. The monoisotopic (exact) mass is 300 g/mol. The average molecular weight is 300 g/mol. The Bertz CT molecular complexity index is 760. The fourth-order valence-corrected chi connectivity index (χ4v) is 2.81. The third kappa shape index (κ3) is 4.43. The van der Waals surface area contributed by atoms with Gasteiger partial charge in [-0.25, -0.2) is 13.1 Å². The van der Waals surface area contributed by atoms with Gasteiger partial charge in [0.2, 0.25) is 10.0 Å². The van der Waals surface area contributed by atoms with E-state index in [9.17, 15) is 8.42 Å². The molecule has 0 saturated heterocycles. The molecule has 108 valence electrons. The highest BCUT2D eigenvalue weighted by Crippen LogP contribution is 2.11. The minimum Gasteiger partial charge on any atom is -0.320 e. The van der Waals surface area contributed by atoms with E-state index in [1.165, 1.54) is 6.07 Å². The van der Waals surface area contributed by atoms with Crippen molar-refractivity contribution in [3.63, 3.8) is 0 Å². The number of hydrogen-bond donors (Lipinski definition) is 2. The first-order chi connectivity index (χ1) is 10.1. The van der Waals surface area contributed by atoms with Crippen LogP contribution in [0.3, 0.4) is 0 Å². The Balaban J connectivity index is 2.16. The standard InChI is InChI=1S/C16H16N2O2S/c17-11-5-9-14-8-4-10-16(12-14)21(19,20)18-13-15-6-2-1-3-7-15/h1-4,6-8,10,12,18H,11,13,17H2. The van der Waals surface area contributed by atoms with Crippen molar-refractivity contribution in [2.24, 2.45) is 5.73 Å². The van der Waals surface area contributed by atoms with Gasteiger partial charge in [-0.15, -0.1) is 0 Å². The lowest BCUT2D eigenvalue weighted by molar-refractivity contribution is 0.581. The number of benzene rings is 2. The molecule has 0 bridgehead atoms. The van der Waals surface area contributed by atoms with Crippen LogP contribution >= 0.6 is 0 Å². The maximum absolute atomic E-state index is 12.2. The van der Waals surface area contributed by atoms with E-state index < -0.39 is 10.0 Å². The predicted molar refractivity (Wildman–Crippen MR) is 82.8 cm³/mol. The summed E-state index contributed by atoms with van der Waals surface area (Å²) in [6.45, 7) is 0.491. The number of rotatable bonds is 4. The van der Waals surface area contributed by atoms with Crippen molar-refractivity contribution in [3.8, 4) is 11.8 Å². The predicted octanol–water partition coefficient (Wildman–Crippen LogP) is 1.48. The maximum Gasteiger partial charge on any atom is 0.240 e. The average Bonchev–Trinajstić information content (AvgIpc) is 2.52. The lowest BCUT2D eigenvalue weighted by Gasteiger charge is -2.07. The van der Waals surface area contributed by atoms with Gasteiger partial charge < -0.3 is 5.73 Å². The topological polar surface area (TPSA) is 72.2 Å². The maximum atomic E-state index is 12.2. The third-order valence-corrected chi connectivity index (χ3v) is 4.19. The molecule has 0 unspecified atom stereocenters. The molecule has 4 nitrogen and oxygen atoms in total. The second kappa shape index (κ2) is 7.04. The SMILES string of the molecule is NCC#Cc1cccc(S(=O)(=O)NCc2ccccc2)c1. The fraction of sp³-hybridized carbons (Fsp3) is 0.125. The van der Waals surface area contributed by atoms with Gasteiger partial charge in [-0.2, -0.15) is 0 Å². The van der Waals surface area contributed by atoms with Crippen molar-refractivity contribution in [1.82, 2.24) is 4.72 Å². The molecule has 0 aromatic heterocycles. The van der Waals surface area contributed by atoms with Crippen molar-refractivity contribution >= 4 is 10.0 Å². The second-order valence-electron chi connectivity index (χ2n) is 4.34. The van der Waals surface area contributed by atoms with Crippen molar-refractivity contribution < 1.29 is 8.42 Å². The summed E-state index contributed by atoms with van der Waals surface area (Å²) in [6.07, 6.45) is 0. The van der Waals surface area contributed by atoms with Crippen LogP contribution in [-0.4, -0.2) is 15.0 Å². The molecule has 0 radical (unpaired) electrons. The fourth-order valence-electron chi connectivity index (χ4n) is 1.75. The van der Waals surface area contributed by atoms with Crippen molar-refractivity contribution in [3.05, 3.63) is 65.7 Å². The van der Waals surface area contributed by atoms with Crippen LogP contribution in [0.15, 0.2) is 59.5 Å². The van der Waals surface area contributed by atoms with Crippen LogP contribution in [-0.2, 0) is 16.6 Å². The van der Waals surface area contributed by atoms with E-state index in [1.807, 2.05) is 30.3 Å². The highest BCUT2D eigenvalue weighted by molar-refractivity contribution is 7.89. The van der Waals surface area contributed by atoms with E-state index in [1.54, 1.807) is 18.2 Å². The first-order valence-corrected chi connectivity index (χ1v) is 7.93. The van der Waals surface area contributed by atoms with Crippen LogP contribution in [0.5, 0.6) is 0 Å². The minimum absolute atomic E-state index is 0.197. The molecule has 21 heavy (non-hydrogen) atoms. The van der Waals surface area contributed by atoms with Gasteiger partial charge in [0, 0.05) is 12.1 Å². The van der Waals surface area contributed by atoms with Crippen LogP contribution < -0.4 is 10.5 Å². The van der Waals surface area contributed by atoms with E-state index in [0.717, 1.165) is 5.56 Å². The minimum atomic E-state index is -3.56. The molecule has 5 heteroatoms. The summed E-state index contributed by atoms with van der Waals surface area (Å²) in [5.74, 6) is 5.53. The van der Waals surface area contributed by atoms with Crippen LogP contribution in [0.2, 0.25) is 0 Å². The van der Waals surface area contributed by atoms with Crippen LogP contribution in [0.1, 0.15) is 11.1 Å². The molecule has 3 N–H and O–H groups in total. The summed E-state index contributed by atoms with van der Waals surface area (Å²) in [6, 6.07) is 15.8. The van der Waals surface area contributed by atoms with Gasteiger partial charge in [-0.1, -0.05) is 48.2 Å². The Morgan fingerprint density at radius 3 is 2.52 bits per heavy atom. The molecule has 0 amide bonds. The van der Waals surface area contributed by atoms with Gasteiger partial charge in [0.1, 0.15) is 0 Å². The summed E-state index contributed by atoms with van der Waals surface area (Å²) < 4.78 is 27.1. The van der Waals surface area contributed by atoms with E-state index in [0.29, 0.717) is 5.56 Å². The van der Waals surface area contributed by atoms with E-state index >= 15 is 0 Å². The van der Waals surface area contributed by atoms with Crippen LogP contribution in [0, 0.1) is 11.8 Å². The number of nitrogens with two attached hydrogens (primary N) is 1. The molecule has 2 aromatic carbocycles. The third-order valence-electron chi connectivity index (χ3n) is 2.79. The number of hydrogen-bond acceptors (Lipinski definition) is 3. The highest BCUT2D eigenvalue weighted by Gasteiger charge is 2.13. The zero-order valence-electron chi connectivity index (χ0n) is 11.4. The zero-order valence-corrected chi connectivity index (χ0v) is 12.2. The molecular formula is C16H16N2O2S. The Labute approximate surface area is 125 Å². The Hall–Kier alpha value is -2.13. The molecule has 0 aliphatic carbocycles. The van der Waals surface area contributed by atoms with Crippen LogP contribution in [0.25, 0.3) is 0 Å². The van der Waals surface area contributed by atoms with E-state index in [2.05, 4.69) is 16.6 Å². The molecule has 0 spiro atoms. The van der Waals surface area contributed by atoms with E-state index in [-0.39, 0.29) is 18.0 Å². The summed E-state index contributed by atoms with van der Waals surface area (Å²) >= 11 is 0. The lowest BCUT2D eigenvalue weighted by Crippen LogP contribution is -2.23. The molecule has 2 rings (SSSR count). The quantitative estimate of drug-likeness (QED) is 0.840. The molecular weight excluding hydrogens is 284 g/mol. The van der Waals surface area contributed by atoms with Crippen molar-refractivity contribution in [2.45, 2.75) is 11.4 Å². The van der Waals surface area contributed by atoms with E-state index in [4.69, 9.17) is 5.73 Å². The Morgan fingerprint density at radius 1 is 1.05 bits per heavy atom. The summed E-state index contributed by atoms with van der Waals surface area (Å²) in [4.78, 5) is 0.197. The highest BCUT2D eigenvalue weighted by atomic mass is 32.2. The smallest absolute Gasteiger partial charge is 0.240 e. The van der Waals surface area contributed by atoms with Crippen molar-refractivity contribution in [2.75, 3.05) is 6.54 Å². The van der Waals surface area contributed by atoms with Gasteiger partial charge in [0.05, 0.1) is 11.4 Å². The Kier molecular flexibility index (Phi) is 5.12. The first-order valence-electron chi connectivity index (χ1n) is 6.44. The Morgan fingerprint density at radius 2 is 1.81 bits per heavy atom. The molecule has 0 saturated carbocycles. The van der Waals surface area contributed by atoms with Gasteiger partial charge in [0.25, 0.3) is 0 Å². The summed E-state index contributed by atoms with van der Waals surface area (Å²) in [5.41, 5.74) is 6.84. The normalized spacial score (nSPS) is 10.7. The summed E-state index contributed by atoms with van der Waals surface area (Å²) in [7, 11) is -3.56. The molecule has 0 heterocycles. The van der Waals surface area contributed by atoms with Gasteiger partial charge in [-0.3, -0.25) is 0 Å². The van der Waals surface area contributed by atoms with Crippen LogP contribution in [0.4, 0.5) is 0 Å². The van der Waals surface area contributed by atoms with Crippen molar-refractivity contribution in [1.29, 1.82) is 0 Å². The molecule has 0 aliphatic rings. The van der Waals surface area contributed by atoms with Gasteiger partial charge in [-0.05, 0) is 23.8 Å². The zero-order chi connectivity index (χ0) is 15.1. The largest absolute Gasteiger partial charge is 0.320 e. The molecule has 2 aromatic rings. The number of nitrogens with one attached hydrogen (secondary N) is 1. The second-order valence-corrected chi connectivity index (χ2v) is 6.11. The lowest BCUT2D eigenvalue weighted by atomic mass is 10.2.